The number of hydrogen-bond donors (Lipinski definition) is 1. The van der Waals surface area contributed by atoms with Crippen molar-refractivity contribution in [1.29, 1.82) is 5.26 Å². The molecule has 0 aromatic heterocycles. The quantitative estimate of drug-likeness (QED) is 0.736. The maximum absolute atomic E-state index is 12.5. The monoisotopic (exact) mass is 412 g/mol. The molecule has 0 bridgehead atoms. The molecule has 29 heavy (non-hydrogen) atoms. The van der Waals surface area contributed by atoms with Crippen molar-refractivity contribution in [3.63, 3.8) is 0 Å². The predicted molar refractivity (Wildman–Crippen MR) is 112 cm³/mol. The number of nitrogens with one attached hydrogen (secondary N) is 1. The van der Waals surface area contributed by atoms with Gasteiger partial charge in [-0.2, -0.15) is 5.26 Å². The Bertz CT molecular complexity index is 1010. The number of nitriles is 1. The summed E-state index contributed by atoms with van der Waals surface area (Å²) in [7, 11) is -4.15. The number of hydrogen-bond acceptors (Lipinski definition) is 5. The normalized spacial score (nSPS) is 17.8. The maximum Gasteiger partial charge on any atom is 0.494 e. The van der Waals surface area contributed by atoms with E-state index in [9.17, 15) is 8.42 Å². The fourth-order valence-corrected chi connectivity index (χ4v) is 4.21. The van der Waals surface area contributed by atoms with Gasteiger partial charge in [-0.15, -0.1) is 0 Å². The van der Waals surface area contributed by atoms with E-state index < -0.39 is 28.3 Å². The van der Waals surface area contributed by atoms with Crippen LogP contribution in [0.3, 0.4) is 0 Å². The molecule has 0 radical (unpaired) electrons. The Morgan fingerprint density at radius 1 is 1.00 bits per heavy atom. The van der Waals surface area contributed by atoms with Crippen LogP contribution in [0.1, 0.15) is 38.8 Å². The largest absolute Gasteiger partial charge is 0.494 e. The summed E-state index contributed by atoms with van der Waals surface area (Å²) in [6.45, 7) is 8.28. The van der Waals surface area contributed by atoms with Gasteiger partial charge in [0.05, 0.1) is 21.7 Å². The molecule has 0 spiro atoms. The highest BCUT2D eigenvalue weighted by molar-refractivity contribution is 7.89. The van der Waals surface area contributed by atoms with Crippen molar-refractivity contribution in [2.45, 2.75) is 50.2 Å². The Balaban J connectivity index is 1.61. The summed E-state index contributed by atoms with van der Waals surface area (Å²) in [4.78, 5) is -0.00129. The van der Waals surface area contributed by atoms with E-state index in [0.717, 1.165) is 11.0 Å². The van der Waals surface area contributed by atoms with E-state index in [1.165, 1.54) is 12.1 Å². The number of rotatable bonds is 6. The lowest BCUT2D eigenvalue weighted by atomic mass is 9.79. The summed E-state index contributed by atoms with van der Waals surface area (Å²) in [5.41, 5.74) is 1.26. The second kappa shape index (κ2) is 7.92. The first-order valence-electron chi connectivity index (χ1n) is 9.49. The molecule has 1 heterocycles. The van der Waals surface area contributed by atoms with Gasteiger partial charge in [0.2, 0.25) is 10.0 Å². The third-order valence-electron chi connectivity index (χ3n) is 5.51. The molecule has 152 valence electrons. The minimum absolute atomic E-state index is 0.00129. The van der Waals surface area contributed by atoms with E-state index in [4.69, 9.17) is 14.6 Å². The van der Waals surface area contributed by atoms with E-state index in [-0.39, 0.29) is 17.0 Å². The first-order valence-corrected chi connectivity index (χ1v) is 11.0. The molecule has 0 unspecified atom stereocenters. The van der Waals surface area contributed by atoms with Crippen molar-refractivity contribution in [2.24, 2.45) is 0 Å². The Labute approximate surface area is 173 Å². The van der Waals surface area contributed by atoms with Crippen molar-refractivity contribution in [2.75, 3.05) is 6.54 Å². The number of benzene rings is 2. The van der Waals surface area contributed by atoms with Crippen LogP contribution >= 0.6 is 0 Å². The van der Waals surface area contributed by atoms with Crippen LogP contribution in [0, 0.1) is 11.3 Å². The highest BCUT2D eigenvalue weighted by Gasteiger charge is 2.51. The van der Waals surface area contributed by atoms with Gasteiger partial charge >= 0.3 is 7.12 Å². The molecule has 1 aliphatic heterocycles. The summed E-state index contributed by atoms with van der Waals surface area (Å²) in [6.07, 6.45) is 0.525. The van der Waals surface area contributed by atoms with Crippen LogP contribution in [0.4, 0.5) is 0 Å². The molecule has 3 rings (SSSR count). The SMILES string of the molecule is CC1(C)OB(c2ccc(CCNS(=O)(=O)c3ccccc3C#N)cc2)OC1(C)C. The summed E-state index contributed by atoms with van der Waals surface area (Å²) in [5.74, 6) is 0. The van der Waals surface area contributed by atoms with Crippen molar-refractivity contribution in [1.82, 2.24) is 4.72 Å². The minimum atomic E-state index is -3.73. The highest BCUT2D eigenvalue weighted by Crippen LogP contribution is 2.36. The topological polar surface area (TPSA) is 88.4 Å². The van der Waals surface area contributed by atoms with E-state index in [0.29, 0.717) is 6.42 Å². The summed E-state index contributed by atoms with van der Waals surface area (Å²) < 4.78 is 39.6. The molecule has 1 aliphatic rings. The number of sulfonamides is 1. The van der Waals surface area contributed by atoms with Crippen LogP contribution in [0.2, 0.25) is 0 Å². The molecular formula is C21H25BN2O4S. The summed E-state index contributed by atoms with van der Waals surface area (Å²) >= 11 is 0. The Morgan fingerprint density at radius 3 is 2.17 bits per heavy atom. The zero-order valence-electron chi connectivity index (χ0n) is 17.1. The smallest absolute Gasteiger partial charge is 0.399 e. The van der Waals surface area contributed by atoms with Crippen LogP contribution < -0.4 is 10.2 Å². The van der Waals surface area contributed by atoms with E-state index in [1.54, 1.807) is 12.1 Å². The van der Waals surface area contributed by atoms with Gasteiger partial charge in [-0.25, -0.2) is 13.1 Å². The molecule has 0 amide bonds. The van der Waals surface area contributed by atoms with Crippen LogP contribution in [0.25, 0.3) is 0 Å². The van der Waals surface area contributed by atoms with Crippen LogP contribution in [0.15, 0.2) is 53.4 Å². The van der Waals surface area contributed by atoms with Gasteiger partial charge in [-0.05, 0) is 57.3 Å². The highest BCUT2D eigenvalue weighted by atomic mass is 32.2. The van der Waals surface area contributed by atoms with Crippen LogP contribution in [-0.2, 0) is 25.8 Å². The number of nitrogens with zero attached hydrogens (tertiary/aromatic N) is 1. The molecule has 0 atom stereocenters. The van der Waals surface area contributed by atoms with Crippen molar-refractivity contribution in [3.05, 3.63) is 59.7 Å². The first-order chi connectivity index (χ1) is 13.6. The molecule has 6 nitrogen and oxygen atoms in total. The molecule has 8 heteroatoms. The maximum atomic E-state index is 12.5. The average molecular weight is 412 g/mol. The van der Waals surface area contributed by atoms with Crippen LogP contribution in [-0.4, -0.2) is 33.3 Å². The van der Waals surface area contributed by atoms with E-state index in [2.05, 4.69) is 4.72 Å². The third-order valence-corrected chi connectivity index (χ3v) is 7.03. The third kappa shape index (κ3) is 4.54. The van der Waals surface area contributed by atoms with Gasteiger partial charge in [0, 0.05) is 6.54 Å². The average Bonchev–Trinajstić information content (AvgIpc) is 2.89. The van der Waals surface area contributed by atoms with Gasteiger partial charge < -0.3 is 9.31 Å². The van der Waals surface area contributed by atoms with Crippen molar-refractivity contribution < 1.29 is 17.7 Å². The molecule has 2 aromatic carbocycles. The Morgan fingerprint density at radius 2 is 1.59 bits per heavy atom. The lowest BCUT2D eigenvalue weighted by Gasteiger charge is -2.32. The minimum Gasteiger partial charge on any atom is -0.399 e. The molecular weight excluding hydrogens is 387 g/mol. The standard InChI is InChI=1S/C21H25BN2O4S/c1-20(2)21(3,4)28-22(27-20)18-11-9-16(10-12-18)13-14-24-29(25,26)19-8-6-5-7-17(19)15-23/h5-12,24H,13-14H2,1-4H3. The fraction of sp³-hybridized carbons (Fsp3) is 0.381. The first kappa shape index (κ1) is 21.5. The molecule has 0 saturated carbocycles. The Hall–Kier alpha value is -2.18. The molecule has 0 aliphatic carbocycles. The van der Waals surface area contributed by atoms with E-state index in [1.807, 2.05) is 58.0 Å². The van der Waals surface area contributed by atoms with Crippen molar-refractivity contribution >= 4 is 22.6 Å². The second-order valence-electron chi connectivity index (χ2n) is 8.09. The van der Waals surface area contributed by atoms with Gasteiger partial charge in [-0.1, -0.05) is 36.4 Å². The fourth-order valence-electron chi connectivity index (χ4n) is 3.02. The second-order valence-corrected chi connectivity index (χ2v) is 9.82. The summed E-state index contributed by atoms with van der Waals surface area (Å²) in [5, 5.41) is 9.10. The predicted octanol–water partition coefficient (Wildman–Crippen LogP) is 2.38. The molecule has 1 saturated heterocycles. The molecule has 1 fully saturated rings. The van der Waals surface area contributed by atoms with Crippen LogP contribution in [0.5, 0.6) is 0 Å². The lowest BCUT2D eigenvalue weighted by molar-refractivity contribution is 0.00578. The lowest BCUT2D eigenvalue weighted by Crippen LogP contribution is -2.41. The summed E-state index contributed by atoms with van der Waals surface area (Å²) in [6, 6.07) is 15.8. The Kier molecular flexibility index (Phi) is 5.88. The van der Waals surface area contributed by atoms with Gasteiger partial charge in [0.1, 0.15) is 6.07 Å². The zero-order valence-corrected chi connectivity index (χ0v) is 17.9. The zero-order chi connectivity index (χ0) is 21.3. The van der Waals surface area contributed by atoms with Crippen molar-refractivity contribution in [3.8, 4) is 6.07 Å². The molecule has 1 N–H and O–H groups in total. The van der Waals surface area contributed by atoms with Gasteiger partial charge in [0.15, 0.2) is 0 Å². The van der Waals surface area contributed by atoms with E-state index >= 15 is 0 Å². The van der Waals surface area contributed by atoms with Gasteiger partial charge in [0.25, 0.3) is 0 Å². The van der Waals surface area contributed by atoms with Gasteiger partial charge in [-0.3, -0.25) is 0 Å². The molecule has 2 aromatic rings.